The molecule has 1 aliphatic carbocycles. The van der Waals surface area contributed by atoms with E-state index in [2.05, 4.69) is 10.6 Å². The molecule has 1 saturated carbocycles. The summed E-state index contributed by atoms with van der Waals surface area (Å²) in [6.07, 6.45) is 1.03. The molecule has 0 heterocycles. The highest BCUT2D eigenvalue weighted by atomic mass is 35.5. The van der Waals surface area contributed by atoms with Crippen molar-refractivity contribution in [2.45, 2.75) is 26.7 Å². The van der Waals surface area contributed by atoms with E-state index in [1.165, 1.54) is 0 Å². The van der Waals surface area contributed by atoms with Gasteiger partial charge in [0.15, 0.2) is 0 Å². The topological polar surface area (TPSA) is 58.2 Å². The Morgan fingerprint density at radius 3 is 2.12 bits per heavy atom. The first kappa shape index (κ1) is 17.8. The average Bonchev–Trinajstić information content (AvgIpc) is 3.34. The van der Waals surface area contributed by atoms with Crippen molar-refractivity contribution in [1.29, 1.82) is 0 Å². The smallest absolute Gasteiger partial charge is 0.240 e. The van der Waals surface area contributed by atoms with Crippen molar-refractivity contribution in [3.8, 4) is 0 Å². The van der Waals surface area contributed by atoms with Crippen LogP contribution in [-0.4, -0.2) is 11.8 Å². The summed E-state index contributed by atoms with van der Waals surface area (Å²) in [7, 11) is 0. The lowest BCUT2D eigenvalue weighted by Gasteiger charge is -2.17. The number of benzene rings is 2. The van der Waals surface area contributed by atoms with Gasteiger partial charge in [-0.1, -0.05) is 29.3 Å². The van der Waals surface area contributed by atoms with Crippen LogP contribution in [0.15, 0.2) is 36.4 Å². The number of anilines is 2. The van der Waals surface area contributed by atoms with E-state index in [9.17, 15) is 9.59 Å². The molecule has 0 saturated heterocycles. The molecule has 6 heteroatoms. The van der Waals surface area contributed by atoms with Gasteiger partial charge in [-0.2, -0.15) is 0 Å². The summed E-state index contributed by atoms with van der Waals surface area (Å²) in [5.74, 6) is -0.638. The molecule has 130 valence electrons. The van der Waals surface area contributed by atoms with E-state index in [1.807, 2.05) is 19.9 Å². The molecule has 0 radical (unpaired) electrons. The van der Waals surface area contributed by atoms with Crippen molar-refractivity contribution >= 4 is 46.4 Å². The molecular weight excluding hydrogens is 359 g/mol. The van der Waals surface area contributed by atoms with Crippen LogP contribution in [0.3, 0.4) is 0 Å². The fraction of sp³-hybridized carbons (Fsp3) is 0.263. The molecule has 2 N–H and O–H groups in total. The molecule has 3 rings (SSSR count). The van der Waals surface area contributed by atoms with Gasteiger partial charge in [0, 0.05) is 10.7 Å². The van der Waals surface area contributed by atoms with Crippen LogP contribution in [0.25, 0.3) is 0 Å². The molecule has 0 unspecified atom stereocenters. The Morgan fingerprint density at radius 1 is 0.960 bits per heavy atom. The number of carbonyl (C=O) groups is 2. The predicted molar refractivity (Wildman–Crippen MR) is 101 cm³/mol. The SMILES string of the molecule is Cc1cc(C)c(NC(=O)C2(C(=O)Nc3ccc(Cl)cc3)CC2)c(Cl)c1. The van der Waals surface area contributed by atoms with Crippen LogP contribution >= 0.6 is 23.2 Å². The second-order valence-electron chi connectivity index (χ2n) is 6.44. The summed E-state index contributed by atoms with van der Waals surface area (Å²) >= 11 is 12.1. The van der Waals surface area contributed by atoms with Crippen LogP contribution < -0.4 is 10.6 Å². The normalized spacial score (nSPS) is 14.7. The maximum absolute atomic E-state index is 12.7. The van der Waals surface area contributed by atoms with Crippen molar-refractivity contribution in [3.63, 3.8) is 0 Å². The molecular formula is C19H18Cl2N2O2. The number of hydrogen-bond donors (Lipinski definition) is 2. The molecule has 25 heavy (non-hydrogen) atoms. The van der Waals surface area contributed by atoms with Crippen molar-refractivity contribution in [3.05, 3.63) is 57.6 Å². The number of hydrogen-bond acceptors (Lipinski definition) is 2. The number of rotatable bonds is 4. The molecule has 1 aliphatic rings. The lowest BCUT2D eigenvalue weighted by Crippen LogP contribution is -2.35. The van der Waals surface area contributed by atoms with Gasteiger partial charge in [0.25, 0.3) is 0 Å². The monoisotopic (exact) mass is 376 g/mol. The quantitative estimate of drug-likeness (QED) is 0.740. The van der Waals surface area contributed by atoms with Gasteiger partial charge in [0.1, 0.15) is 5.41 Å². The van der Waals surface area contributed by atoms with Gasteiger partial charge < -0.3 is 10.6 Å². The standard InChI is InChI=1S/C19H18Cl2N2O2/c1-11-9-12(2)16(15(21)10-11)23-18(25)19(7-8-19)17(24)22-14-5-3-13(20)4-6-14/h3-6,9-10H,7-8H2,1-2H3,(H,22,24)(H,23,25). The van der Waals surface area contributed by atoms with Crippen LogP contribution in [0, 0.1) is 19.3 Å². The fourth-order valence-corrected chi connectivity index (χ4v) is 3.27. The Balaban J connectivity index is 1.75. The molecule has 2 aromatic rings. The Kier molecular flexibility index (Phi) is 4.76. The zero-order valence-electron chi connectivity index (χ0n) is 14.0. The van der Waals surface area contributed by atoms with Crippen LogP contribution in [0.4, 0.5) is 11.4 Å². The predicted octanol–water partition coefficient (Wildman–Crippen LogP) is 4.97. The van der Waals surface area contributed by atoms with Gasteiger partial charge in [-0.15, -0.1) is 0 Å². The average molecular weight is 377 g/mol. The van der Waals surface area contributed by atoms with Crippen LogP contribution in [0.1, 0.15) is 24.0 Å². The van der Waals surface area contributed by atoms with E-state index >= 15 is 0 Å². The van der Waals surface area contributed by atoms with E-state index < -0.39 is 5.41 Å². The Bertz CT molecular complexity index is 820. The van der Waals surface area contributed by atoms with Gasteiger partial charge in [0.2, 0.25) is 11.8 Å². The third-order valence-corrected chi connectivity index (χ3v) is 4.94. The first-order chi connectivity index (χ1) is 11.8. The summed E-state index contributed by atoms with van der Waals surface area (Å²) in [4.78, 5) is 25.3. The fourth-order valence-electron chi connectivity index (χ4n) is 2.77. The molecule has 0 aliphatic heterocycles. The zero-order chi connectivity index (χ0) is 18.2. The first-order valence-corrected chi connectivity index (χ1v) is 8.73. The minimum absolute atomic E-state index is 0.312. The minimum atomic E-state index is -1.04. The first-order valence-electron chi connectivity index (χ1n) is 7.97. The van der Waals surface area contributed by atoms with Crippen LogP contribution in [0.2, 0.25) is 10.0 Å². The third kappa shape index (κ3) is 3.65. The number of carbonyl (C=O) groups excluding carboxylic acids is 2. The molecule has 0 aromatic heterocycles. The second-order valence-corrected chi connectivity index (χ2v) is 7.28. The summed E-state index contributed by atoms with van der Waals surface area (Å²) < 4.78 is 0. The van der Waals surface area contributed by atoms with E-state index in [0.29, 0.717) is 34.3 Å². The molecule has 4 nitrogen and oxygen atoms in total. The highest BCUT2D eigenvalue weighted by Crippen LogP contribution is 2.48. The Labute approximate surface area is 156 Å². The number of amides is 2. The molecule has 0 bridgehead atoms. The van der Waals surface area contributed by atoms with Crippen molar-refractivity contribution in [2.75, 3.05) is 10.6 Å². The van der Waals surface area contributed by atoms with Crippen LogP contribution in [0.5, 0.6) is 0 Å². The number of aryl methyl sites for hydroxylation is 2. The maximum Gasteiger partial charge on any atom is 0.240 e. The lowest BCUT2D eigenvalue weighted by molar-refractivity contribution is -0.131. The van der Waals surface area contributed by atoms with Crippen molar-refractivity contribution < 1.29 is 9.59 Å². The van der Waals surface area contributed by atoms with Gasteiger partial charge in [-0.05, 0) is 68.1 Å². The number of halogens is 2. The third-order valence-electron chi connectivity index (χ3n) is 4.39. The van der Waals surface area contributed by atoms with Gasteiger partial charge in [0.05, 0.1) is 10.7 Å². The summed E-state index contributed by atoms with van der Waals surface area (Å²) in [5, 5.41) is 6.67. The lowest BCUT2D eigenvalue weighted by atomic mass is 10.0. The largest absolute Gasteiger partial charge is 0.325 e. The molecule has 2 aromatic carbocycles. The van der Waals surface area contributed by atoms with Gasteiger partial charge in [-0.25, -0.2) is 0 Å². The zero-order valence-corrected chi connectivity index (χ0v) is 15.5. The number of nitrogens with one attached hydrogen (secondary N) is 2. The summed E-state index contributed by atoms with van der Waals surface area (Å²) in [6.45, 7) is 3.81. The second kappa shape index (κ2) is 6.70. The van der Waals surface area contributed by atoms with E-state index in [0.717, 1.165) is 11.1 Å². The molecule has 2 amide bonds. The van der Waals surface area contributed by atoms with Crippen molar-refractivity contribution in [1.82, 2.24) is 0 Å². The molecule has 0 spiro atoms. The summed E-state index contributed by atoms with van der Waals surface area (Å²) in [5.41, 5.74) is 2.01. The molecule has 0 atom stereocenters. The maximum atomic E-state index is 12.7. The summed E-state index contributed by atoms with van der Waals surface area (Å²) in [6, 6.07) is 10.5. The van der Waals surface area contributed by atoms with Gasteiger partial charge >= 0.3 is 0 Å². The van der Waals surface area contributed by atoms with E-state index in [4.69, 9.17) is 23.2 Å². The highest BCUT2D eigenvalue weighted by molar-refractivity contribution is 6.34. The van der Waals surface area contributed by atoms with Crippen molar-refractivity contribution in [2.24, 2.45) is 5.41 Å². The van der Waals surface area contributed by atoms with Gasteiger partial charge in [-0.3, -0.25) is 9.59 Å². The van der Waals surface area contributed by atoms with E-state index in [-0.39, 0.29) is 11.8 Å². The Hall–Kier alpha value is -2.04. The minimum Gasteiger partial charge on any atom is -0.325 e. The van der Waals surface area contributed by atoms with E-state index in [1.54, 1.807) is 30.3 Å². The van der Waals surface area contributed by atoms with Crippen LogP contribution in [-0.2, 0) is 9.59 Å². The Morgan fingerprint density at radius 2 is 1.56 bits per heavy atom. The molecule has 1 fully saturated rings. The highest BCUT2D eigenvalue weighted by Gasteiger charge is 2.56.